The Morgan fingerprint density at radius 2 is 1.21 bits per heavy atom. The largest absolute Gasteiger partial charge is 0.390 e. The van der Waals surface area contributed by atoms with Crippen LogP contribution in [0, 0.1) is 5.92 Å². The first-order valence-corrected chi connectivity index (χ1v) is 10.0. The Morgan fingerprint density at radius 3 is 1.54 bits per heavy atom. The van der Waals surface area contributed by atoms with Crippen molar-refractivity contribution < 1.29 is 14.8 Å². The van der Waals surface area contributed by atoms with Gasteiger partial charge in [-0.1, -0.05) is 74.5 Å². The molecule has 0 aliphatic rings. The predicted octanol–water partition coefficient (Wildman–Crippen LogP) is 3.16. The van der Waals surface area contributed by atoms with Gasteiger partial charge in [0.25, 0.3) is 0 Å². The Hall–Kier alpha value is -1.41. The molecular weight excluding hydrogens is 319 g/mol. The molecule has 2 rings (SSSR count). The van der Waals surface area contributed by atoms with Crippen LogP contribution in [0.5, 0.6) is 0 Å². The fraction of sp³-hybridized carbons (Fsp3) is 0.400. The van der Waals surface area contributed by atoms with E-state index in [9.17, 15) is 14.8 Å². The molecule has 3 nitrogen and oxygen atoms in total. The topological polar surface area (TPSA) is 57.5 Å². The van der Waals surface area contributed by atoms with E-state index in [1.807, 2.05) is 74.5 Å². The number of benzene rings is 2. The highest BCUT2D eigenvalue weighted by molar-refractivity contribution is 7.80. The molecule has 0 aliphatic carbocycles. The fourth-order valence-electron chi connectivity index (χ4n) is 3.06. The molecule has 2 N–H and O–H groups in total. The molecule has 0 amide bonds. The summed E-state index contributed by atoms with van der Waals surface area (Å²) < 4.78 is 14.3. The molecule has 0 unspecified atom stereocenters. The quantitative estimate of drug-likeness (QED) is 0.790. The molecule has 0 fully saturated rings. The van der Waals surface area contributed by atoms with Crippen molar-refractivity contribution in [2.45, 2.75) is 45.1 Å². The van der Waals surface area contributed by atoms with Crippen LogP contribution in [0.4, 0.5) is 0 Å². The van der Waals surface area contributed by atoms with Gasteiger partial charge in [0.15, 0.2) is 7.14 Å². The maximum atomic E-state index is 14.3. The molecule has 4 heteroatoms. The smallest absolute Gasteiger partial charge is 0.151 e. The predicted molar refractivity (Wildman–Crippen MR) is 101 cm³/mol. The first kappa shape index (κ1) is 18.9. The maximum absolute atomic E-state index is 14.3. The highest BCUT2D eigenvalue weighted by Crippen LogP contribution is 2.58. The molecule has 2 aromatic carbocycles. The summed E-state index contributed by atoms with van der Waals surface area (Å²) in [4.78, 5) is 0. The van der Waals surface area contributed by atoms with Crippen molar-refractivity contribution in [3.8, 4) is 0 Å². The van der Waals surface area contributed by atoms with E-state index in [-0.39, 0.29) is 5.92 Å². The molecule has 0 saturated heterocycles. The van der Waals surface area contributed by atoms with Crippen molar-refractivity contribution in [1.82, 2.24) is 0 Å². The van der Waals surface area contributed by atoms with E-state index in [4.69, 9.17) is 0 Å². The van der Waals surface area contributed by atoms with E-state index >= 15 is 0 Å². The zero-order valence-corrected chi connectivity index (χ0v) is 15.6. The third-order valence-electron chi connectivity index (χ3n) is 4.78. The van der Waals surface area contributed by atoms with Crippen LogP contribution in [0.2, 0.25) is 0 Å². The van der Waals surface area contributed by atoms with Crippen LogP contribution in [0.1, 0.15) is 27.7 Å². The van der Waals surface area contributed by atoms with E-state index < -0.39 is 24.5 Å². The van der Waals surface area contributed by atoms with Crippen molar-refractivity contribution in [2.24, 2.45) is 5.92 Å². The molecule has 24 heavy (non-hydrogen) atoms. The van der Waals surface area contributed by atoms with Crippen LogP contribution in [-0.4, -0.2) is 27.6 Å². The van der Waals surface area contributed by atoms with Crippen molar-refractivity contribution in [2.75, 3.05) is 0 Å². The Kier molecular flexibility index (Phi) is 5.70. The van der Waals surface area contributed by atoms with Crippen LogP contribution < -0.4 is 10.6 Å². The Morgan fingerprint density at radius 1 is 0.833 bits per heavy atom. The standard InChI is InChI=1S/C20H27O3P/c1-15(2)18(21)19(22)20(3,4)24(23,16-11-7-5-8-12-16)17-13-9-6-10-14-17/h5-15,18-19,21-22H,1-4H3/t18-,19+/m1/s1. The second-order valence-electron chi connectivity index (χ2n) is 7.11. The van der Waals surface area contributed by atoms with Gasteiger partial charge in [-0.3, -0.25) is 0 Å². The number of rotatable bonds is 6. The first-order chi connectivity index (χ1) is 11.2. The van der Waals surface area contributed by atoms with Gasteiger partial charge < -0.3 is 14.8 Å². The summed E-state index contributed by atoms with van der Waals surface area (Å²) in [5, 5.41) is 21.6. The van der Waals surface area contributed by atoms with E-state index in [1.165, 1.54) is 0 Å². The average molecular weight is 346 g/mol. The maximum Gasteiger partial charge on any atom is 0.151 e. The molecule has 130 valence electrons. The van der Waals surface area contributed by atoms with Gasteiger partial charge in [-0.25, -0.2) is 0 Å². The molecule has 0 spiro atoms. The molecule has 0 aromatic heterocycles. The van der Waals surface area contributed by atoms with Gasteiger partial charge in [-0.2, -0.15) is 0 Å². The minimum absolute atomic E-state index is 0.126. The number of hydrogen-bond donors (Lipinski definition) is 2. The Bertz CT molecular complexity index is 652. The molecule has 0 radical (unpaired) electrons. The molecule has 0 bridgehead atoms. The van der Waals surface area contributed by atoms with Gasteiger partial charge in [0.05, 0.1) is 17.4 Å². The van der Waals surface area contributed by atoms with E-state index in [2.05, 4.69) is 0 Å². The van der Waals surface area contributed by atoms with Crippen molar-refractivity contribution in [1.29, 1.82) is 0 Å². The Balaban J connectivity index is 2.65. The van der Waals surface area contributed by atoms with Gasteiger partial charge in [0.1, 0.15) is 0 Å². The summed E-state index contributed by atoms with van der Waals surface area (Å²) >= 11 is 0. The van der Waals surface area contributed by atoms with Crippen molar-refractivity contribution >= 4 is 17.8 Å². The highest BCUT2D eigenvalue weighted by Gasteiger charge is 2.50. The van der Waals surface area contributed by atoms with Crippen LogP contribution in [0.3, 0.4) is 0 Å². The third kappa shape index (κ3) is 3.21. The number of aliphatic hydroxyl groups excluding tert-OH is 2. The SMILES string of the molecule is CC(C)[C@@H](O)[C@H](O)C(C)(C)P(=O)(c1ccccc1)c1ccccc1. The number of hydrogen-bond acceptors (Lipinski definition) is 3. The van der Waals surface area contributed by atoms with Crippen LogP contribution >= 0.6 is 7.14 Å². The van der Waals surface area contributed by atoms with Crippen LogP contribution in [0.25, 0.3) is 0 Å². The van der Waals surface area contributed by atoms with E-state index in [0.29, 0.717) is 10.6 Å². The molecule has 0 aliphatic heterocycles. The lowest BCUT2D eigenvalue weighted by Gasteiger charge is -2.41. The molecule has 2 aromatic rings. The summed E-state index contributed by atoms with van der Waals surface area (Å²) in [6.45, 7) is 7.26. The highest BCUT2D eigenvalue weighted by atomic mass is 31.2. The first-order valence-electron chi connectivity index (χ1n) is 8.30. The minimum Gasteiger partial charge on any atom is -0.390 e. The zero-order chi connectivity index (χ0) is 18.0. The fourth-order valence-corrected chi connectivity index (χ4v) is 6.40. The third-order valence-corrected chi connectivity index (χ3v) is 8.72. The lowest BCUT2D eigenvalue weighted by molar-refractivity contribution is -0.0248. The molecule has 0 saturated carbocycles. The summed E-state index contributed by atoms with van der Waals surface area (Å²) in [5.74, 6) is -0.126. The molecule has 0 heterocycles. The van der Waals surface area contributed by atoms with E-state index in [1.54, 1.807) is 13.8 Å². The summed E-state index contributed by atoms with van der Waals surface area (Å²) in [5.41, 5.74) is 0. The zero-order valence-electron chi connectivity index (χ0n) is 14.8. The van der Waals surface area contributed by atoms with Crippen LogP contribution in [-0.2, 0) is 4.57 Å². The summed E-state index contributed by atoms with van der Waals surface area (Å²) in [6.07, 6.45) is -2.05. The Labute approximate surface area is 144 Å². The summed E-state index contributed by atoms with van der Waals surface area (Å²) in [7, 11) is -3.19. The minimum atomic E-state index is -3.19. The monoisotopic (exact) mass is 346 g/mol. The lowest BCUT2D eigenvalue weighted by Crippen LogP contribution is -2.50. The van der Waals surface area contributed by atoms with Gasteiger partial charge in [-0.05, 0) is 19.8 Å². The lowest BCUT2D eigenvalue weighted by atomic mass is 9.93. The summed E-state index contributed by atoms with van der Waals surface area (Å²) in [6, 6.07) is 18.5. The normalized spacial score (nSPS) is 15.3. The van der Waals surface area contributed by atoms with Crippen LogP contribution in [0.15, 0.2) is 60.7 Å². The van der Waals surface area contributed by atoms with Gasteiger partial charge >= 0.3 is 0 Å². The van der Waals surface area contributed by atoms with Crippen molar-refractivity contribution in [3.63, 3.8) is 0 Å². The molecule has 2 atom stereocenters. The number of aliphatic hydroxyl groups is 2. The second kappa shape index (κ2) is 7.23. The van der Waals surface area contributed by atoms with Gasteiger partial charge in [0, 0.05) is 10.6 Å². The van der Waals surface area contributed by atoms with E-state index in [0.717, 1.165) is 0 Å². The second-order valence-corrected chi connectivity index (χ2v) is 10.5. The average Bonchev–Trinajstić information content (AvgIpc) is 2.60. The van der Waals surface area contributed by atoms with Crippen molar-refractivity contribution in [3.05, 3.63) is 60.7 Å². The van der Waals surface area contributed by atoms with Gasteiger partial charge in [0.2, 0.25) is 0 Å². The molecular formula is C20H27O3P. The van der Waals surface area contributed by atoms with Gasteiger partial charge in [-0.15, -0.1) is 0 Å².